The molecule has 2 unspecified atom stereocenters. The minimum atomic E-state index is 0.183. The first kappa shape index (κ1) is 14.7. The van der Waals surface area contributed by atoms with E-state index in [-0.39, 0.29) is 6.04 Å². The van der Waals surface area contributed by atoms with Gasteiger partial charge in [-0.1, -0.05) is 17.7 Å². The zero-order chi connectivity index (χ0) is 14.8. The molecule has 1 fully saturated rings. The number of benzene rings is 1. The lowest BCUT2D eigenvalue weighted by atomic mass is 10.0. The van der Waals surface area contributed by atoms with Gasteiger partial charge in [0.15, 0.2) is 5.96 Å². The van der Waals surface area contributed by atoms with Crippen LogP contribution >= 0.6 is 11.6 Å². The molecular weight excluding hydrogens is 284 g/mol. The molecule has 2 aliphatic rings. The highest BCUT2D eigenvalue weighted by atomic mass is 35.5. The second kappa shape index (κ2) is 6.24. The molecule has 0 aromatic heterocycles. The Morgan fingerprint density at radius 1 is 1.48 bits per heavy atom. The van der Waals surface area contributed by atoms with E-state index in [2.05, 4.69) is 34.5 Å². The fourth-order valence-corrected chi connectivity index (χ4v) is 3.61. The lowest BCUT2D eigenvalue weighted by molar-refractivity contribution is 0.297. The summed E-state index contributed by atoms with van der Waals surface area (Å²) in [6.45, 7) is 4.29. The van der Waals surface area contributed by atoms with Gasteiger partial charge in [-0.15, -0.1) is 0 Å². The van der Waals surface area contributed by atoms with Crippen molar-refractivity contribution in [2.24, 2.45) is 4.99 Å². The third-order valence-corrected chi connectivity index (χ3v) is 4.82. The number of rotatable bonds is 3. The second-order valence-electron chi connectivity index (χ2n) is 5.99. The maximum absolute atomic E-state index is 6.26. The molecule has 21 heavy (non-hydrogen) atoms. The van der Waals surface area contributed by atoms with Crippen molar-refractivity contribution in [1.82, 2.24) is 15.5 Å². The summed E-state index contributed by atoms with van der Waals surface area (Å²) in [6, 6.07) is 6.78. The number of aliphatic imine (C=N–C) groups is 1. The van der Waals surface area contributed by atoms with Crippen molar-refractivity contribution >= 4 is 23.2 Å². The molecule has 0 amide bonds. The lowest BCUT2D eigenvalue weighted by Gasteiger charge is -2.26. The molecule has 0 radical (unpaired) electrons. The zero-order valence-corrected chi connectivity index (χ0v) is 13.5. The molecule has 4 nitrogen and oxygen atoms in total. The number of guanidine groups is 1. The van der Waals surface area contributed by atoms with E-state index < -0.39 is 0 Å². The second-order valence-corrected chi connectivity index (χ2v) is 6.40. The van der Waals surface area contributed by atoms with E-state index in [1.165, 1.54) is 19.4 Å². The minimum absolute atomic E-state index is 0.183. The molecule has 2 N–H and O–H groups in total. The van der Waals surface area contributed by atoms with Crippen molar-refractivity contribution in [2.75, 3.05) is 20.1 Å². The van der Waals surface area contributed by atoms with Gasteiger partial charge >= 0.3 is 0 Å². The quantitative estimate of drug-likeness (QED) is 0.901. The molecule has 0 aliphatic carbocycles. The van der Waals surface area contributed by atoms with Crippen LogP contribution in [0.5, 0.6) is 0 Å². The minimum Gasteiger partial charge on any atom is -0.356 e. The average molecular weight is 307 g/mol. The average Bonchev–Trinajstić information content (AvgIpc) is 2.84. The fourth-order valence-electron chi connectivity index (χ4n) is 3.27. The molecule has 1 aromatic rings. The Labute approximate surface area is 131 Å². The molecule has 2 aliphatic heterocycles. The zero-order valence-electron chi connectivity index (χ0n) is 12.7. The summed E-state index contributed by atoms with van der Waals surface area (Å²) >= 11 is 6.26. The number of nitrogens with zero attached hydrogens (tertiary/aromatic N) is 2. The van der Waals surface area contributed by atoms with Gasteiger partial charge in [0.25, 0.3) is 0 Å². The van der Waals surface area contributed by atoms with E-state index in [0.717, 1.165) is 35.2 Å². The summed E-state index contributed by atoms with van der Waals surface area (Å²) < 4.78 is 0. The Bertz CT molecular complexity index is 543. The van der Waals surface area contributed by atoms with Crippen molar-refractivity contribution in [2.45, 2.75) is 38.3 Å². The molecule has 0 bridgehead atoms. The molecule has 3 rings (SSSR count). The van der Waals surface area contributed by atoms with E-state index in [4.69, 9.17) is 11.6 Å². The number of hydrogen-bond acceptors (Lipinski definition) is 4. The number of halogens is 1. The predicted octanol–water partition coefficient (Wildman–Crippen LogP) is 3.07. The predicted molar refractivity (Wildman–Crippen MR) is 88.4 cm³/mol. The number of hydrogen-bond donors (Lipinski definition) is 2. The molecular formula is C16H23ClN4. The van der Waals surface area contributed by atoms with Crippen molar-refractivity contribution in [1.29, 1.82) is 0 Å². The largest absolute Gasteiger partial charge is 0.356 e. The SMILES string of the molecule is CC1NC(NCCC2CCCN2C)=Nc2cccc(Cl)c21. The third-order valence-electron chi connectivity index (χ3n) is 4.49. The highest BCUT2D eigenvalue weighted by molar-refractivity contribution is 6.31. The smallest absolute Gasteiger partial charge is 0.196 e. The van der Waals surface area contributed by atoms with Crippen LogP contribution in [0.3, 0.4) is 0 Å². The van der Waals surface area contributed by atoms with E-state index in [1.807, 2.05) is 18.2 Å². The van der Waals surface area contributed by atoms with Gasteiger partial charge in [-0.05, 0) is 51.9 Å². The van der Waals surface area contributed by atoms with E-state index >= 15 is 0 Å². The van der Waals surface area contributed by atoms with Crippen molar-refractivity contribution in [3.8, 4) is 0 Å². The maximum atomic E-state index is 6.26. The van der Waals surface area contributed by atoms with E-state index in [9.17, 15) is 0 Å². The Hall–Kier alpha value is -1.26. The Balaban J connectivity index is 1.62. The van der Waals surface area contributed by atoms with Crippen molar-refractivity contribution in [3.05, 3.63) is 28.8 Å². The number of nitrogens with one attached hydrogen (secondary N) is 2. The summed E-state index contributed by atoms with van der Waals surface area (Å²) in [5, 5.41) is 7.60. The number of likely N-dealkylation sites (tertiary alicyclic amines) is 1. The van der Waals surface area contributed by atoms with Gasteiger partial charge in [0.2, 0.25) is 0 Å². The lowest BCUT2D eigenvalue weighted by Crippen LogP contribution is -2.42. The van der Waals surface area contributed by atoms with Gasteiger partial charge in [0.05, 0.1) is 11.7 Å². The van der Waals surface area contributed by atoms with Gasteiger partial charge in [0, 0.05) is 23.2 Å². The fraction of sp³-hybridized carbons (Fsp3) is 0.562. The Morgan fingerprint density at radius 3 is 3.10 bits per heavy atom. The first-order chi connectivity index (χ1) is 10.1. The molecule has 2 atom stereocenters. The first-order valence-corrected chi connectivity index (χ1v) is 8.10. The molecule has 0 spiro atoms. The molecule has 1 saturated heterocycles. The summed E-state index contributed by atoms with van der Waals surface area (Å²) in [5.74, 6) is 0.859. The third kappa shape index (κ3) is 3.16. The standard InChI is InChI=1S/C16H23ClN4/c1-11-15-13(17)6-3-7-14(15)20-16(19-11)18-9-8-12-5-4-10-21(12)2/h3,6-7,11-12H,4-5,8-10H2,1-2H3,(H2,18,19,20). The summed E-state index contributed by atoms with van der Waals surface area (Å²) in [5.41, 5.74) is 2.05. The maximum Gasteiger partial charge on any atom is 0.196 e. The molecule has 2 heterocycles. The van der Waals surface area contributed by atoms with Crippen LogP contribution in [0.15, 0.2) is 23.2 Å². The van der Waals surface area contributed by atoms with Crippen LogP contribution in [0.1, 0.15) is 37.8 Å². The van der Waals surface area contributed by atoms with Gasteiger partial charge < -0.3 is 15.5 Å². The number of fused-ring (bicyclic) bond motifs is 1. The van der Waals surface area contributed by atoms with Crippen LogP contribution in [0.25, 0.3) is 0 Å². The van der Waals surface area contributed by atoms with E-state index in [1.54, 1.807) is 0 Å². The monoisotopic (exact) mass is 306 g/mol. The molecule has 114 valence electrons. The molecule has 5 heteroatoms. The normalized spacial score (nSPS) is 25.2. The van der Waals surface area contributed by atoms with Gasteiger partial charge in [-0.2, -0.15) is 0 Å². The summed E-state index contributed by atoms with van der Waals surface area (Å²) in [6.07, 6.45) is 3.80. The van der Waals surface area contributed by atoms with Gasteiger partial charge in [-0.3, -0.25) is 0 Å². The summed E-state index contributed by atoms with van der Waals surface area (Å²) in [7, 11) is 2.22. The van der Waals surface area contributed by atoms with Crippen LogP contribution in [0.4, 0.5) is 5.69 Å². The van der Waals surface area contributed by atoms with Crippen molar-refractivity contribution < 1.29 is 0 Å². The molecule has 1 aromatic carbocycles. The van der Waals surface area contributed by atoms with Crippen molar-refractivity contribution in [3.63, 3.8) is 0 Å². The molecule has 0 saturated carbocycles. The Morgan fingerprint density at radius 2 is 2.33 bits per heavy atom. The topological polar surface area (TPSA) is 39.7 Å². The van der Waals surface area contributed by atoms with Crippen LogP contribution in [0, 0.1) is 0 Å². The Kier molecular flexibility index (Phi) is 4.36. The first-order valence-electron chi connectivity index (χ1n) is 7.73. The van der Waals surface area contributed by atoms with Crippen LogP contribution in [-0.2, 0) is 0 Å². The highest BCUT2D eigenvalue weighted by Crippen LogP contribution is 2.34. The van der Waals surface area contributed by atoms with Gasteiger partial charge in [0.1, 0.15) is 0 Å². The van der Waals surface area contributed by atoms with Crippen LogP contribution in [0.2, 0.25) is 5.02 Å². The van der Waals surface area contributed by atoms with Crippen LogP contribution in [-0.4, -0.2) is 37.0 Å². The summed E-state index contributed by atoms with van der Waals surface area (Å²) in [4.78, 5) is 7.09. The van der Waals surface area contributed by atoms with E-state index in [0.29, 0.717) is 6.04 Å². The van der Waals surface area contributed by atoms with Crippen LogP contribution < -0.4 is 10.6 Å². The van der Waals surface area contributed by atoms with Gasteiger partial charge in [-0.25, -0.2) is 4.99 Å². The highest BCUT2D eigenvalue weighted by Gasteiger charge is 2.22.